The van der Waals surface area contributed by atoms with Gasteiger partial charge in [0.1, 0.15) is 0 Å². The second-order valence-corrected chi connectivity index (χ2v) is 66.1. The van der Waals surface area contributed by atoms with Gasteiger partial charge in [-0.3, -0.25) is 0 Å². The first-order valence-corrected chi connectivity index (χ1v) is 48.0. The van der Waals surface area contributed by atoms with Gasteiger partial charge in [-0.2, -0.15) is 0 Å². The Morgan fingerprint density at radius 1 is 0.514 bits per heavy atom. The predicted molar refractivity (Wildman–Crippen MR) is 190 cm³/mol. The van der Waals surface area contributed by atoms with Crippen LogP contribution in [0.25, 0.3) is 24.3 Å². The Labute approximate surface area is 257 Å². The number of hydrogen-bond acceptors (Lipinski definition) is 4. The van der Waals surface area contributed by atoms with Gasteiger partial charge in [0, 0.05) is 9.75 Å². The molecule has 200 valence electrons. The summed E-state index contributed by atoms with van der Waals surface area (Å²) in [6.45, 7) is 0. The first-order valence-electron chi connectivity index (χ1n) is 12.4. The fourth-order valence-corrected chi connectivity index (χ4v) is 16.6. The molecule has 4 rings (SSSR count). The van der Waals surface area contributed by atoms with Crippen LogP contribution in [0.5, 0.6) is 0 Å². The molecule has 0 bridgehead atoms. The molecule has 0 aliphatic carbocycles. The monoisotopic (exact) mass is 912 g/mol. The summed E-state index contributed by atoms with van der Waals surface area (Å²) < 4.78 is 3.33. The molecule has 4 aromatic heterocycles. The molecule has 4 heterocycles. The van der Waals surface area contributed by atoms with E-state index >= 15 is 0 Å². The van der Waals surface area contributed by atoms with E-state index in [0.717, 1.165) is 0 Å². The van der Waals surface area contributed by atoms with E-state index in [0.29, 0.717) is 0 Å². The van der Waals surface area contributed by atoms with Crippen LogP contribution in [0, 0.1) is 0 Å². The Hall–Kier alpha value is 0.966. The van der Waals surface area contributed by atoms with Crippen molar-refractivity contribution in [3.8, 4) is 0 Å². The second kappa shape index (κ2) is 15.8. The van der Waals surface area contributed by atoms with E-state index in [1.807, 2.05) is 22.7 Å². The zero-order valence-electron chi connectivity index (χ0n) is 23.6. The number of thiophene rings is 4. The van der Waals surface area contributed by atoms with Crippen LogP contribution in [0.4, 0.5) is 0 Å². The fraction of sp³-hybridized carbons (Fsp3) is 0.310. The van der Waals surface area contributed by atoms with Crippen molar-refractivity contribution in [2.75, 3.05) is 0 Å². The second-order valence-electron chi connectivity index (χ2n) is 11.7. The standard InChI is InChI=1S/C10H8S2.C10H6S2.9CH3.ClH.3Sn/c2*1-3-9(11-7-1)5-6-10-4-2-8-12-10;;;;;;;;;;;;;/h1-8H;1-6H;9*1H3;1H;;;/q;;;;;;;;;;;;;;+1/p-1/b2*6-5+;;;;;;;;;;;;;. The normalized spacial score (nSPS) is 12.4. The quantitative estimate of drug-likeness (QED) is 0.169. The molecule has 0 radical (unpaired) electrons. The van der Waals surface area contributed by atoms with Gasteiger partial charge < -0.3 is 0 Å². The SMILES string of the molecule is C(=C\c1cccs1)/c1cccs1.[CH3][Sn]([CH3])([CH3])[Cl].[CH3][Sn]([CH3])([CH3])[c]1ccc(/C=C/c2cc[c]([Sn]([CH3])([CH3])[CH3])s2)s1. The van der Waals surface area contributed by atoms with Crippen LogP contribution in [-0.4, -0.2) is 54.0 Å². The Kier molecular flexibility index (Phi) is 14.6. The molecule has 0 saturated heterocycles. The van der Waals surface area contributed by atoms with E-state index in [1.165, 1.54) is 19.5 Å². The fourth-order valence-electron chi connectivity index (χ4n) is 2.79. The first kappa shape index (κ1) is 34.2. The summed E-state index contributed by atoms with van der Waals surface area (Å²) in [6.07, 6.45) is 8.88. The molecule has 4 aromatic rings. The first-order chi connectivity index (χ1) is 17.1. The van der Waals surface area contributed by atoms with Crippen molar-refractivity contribution < 1.29 is 0 Å². The predicted octanol–water partition coefficient (Wildman–Crippen LogP) is 11.1. The van der Waals surface area contributed by atoms with Crippen molar-refractivity contribution in [2.45, 2.75) is 44.5 Å². The Bertz CT molecular complexity index is 1130. The third-order valence-corrected chi connectivity index (χ3v) is 27.4. The maximum absolute atomic E-state index is 5.74. The Morgan fingerprint density at radius 3 is 1.08 bits per heavy atom. The molecule has 0 N–H and O–H groups in total. The van der Waals surface area contributed by atoms with Crippen molar-refractivity contribution in [1.82, 2.24) is 0 Å². The maximum atomic E-state index is 5.74. The summed E-state index contributed by atoms with van der Waals surface area (Å²) in [5.41, 5.74) is 0. The van der Waals surface area contributed by atoms with Gasteiger partial charge in [-0.05, 0) is 35.0 Å². The Balaban J connectivity index is 0.000000238. The molecule has 0 atom stereocenters. The Morgan fingerprint density at radius 2 is 0.838 bits per heavy atom. The van der Waals surface area contributed by atoms with Crippen molar-refractivity contribution >= 4 is 138 Å². The summed E-state index contributed by atoms with van der Waals surface area (Å²) in [6, 6.07) is 17.7. The zero-order valence-corrected chi connectivity index (χ0v) is 36.2. The molecule has 0 spiro atoms. The van der Waals surface area contributed by atoms with Crippen molar-refractivity contribution in [3.63, 3.8) is 0 Å². The molecule has 0 amide bonds. The molecule has 0 unspecified atom stereocenters. The summed E-state index contributed by atoms with van der Waals surface area (Å²) in [7, 11) is 5.74. The summed E-state index contributed by atoms with van der Waals surface area (Å²) in [4.78, 5) is 26.8. The molecule has 8 heteroatoms. The van der Waals surface area contributed by atoms with Crippen LogP contribution in [0.3, 0.4) is 0 Å². The van der Waals surface area contributed by atoms with E-state index in [2.05, 4.69) is 128 Å². The van der Waals surface area contributed by atoms with Crippen LogP contribution in [0.15, 0.2) is 59.3 Å². The zero-order chi connectivity index (χ0) is 27.7. The van der Waals surface area contributed by atoms with Crippen LogP contribution in [0.1, 0.15) is 19.5 Å². The van der Waals surface area contributed by atoms with E-state index in [1.54, 1.807) is 28.5 Å². The molecule has 0 fully saturated rings. The van der Waals surface area contributed by atoms with E-state index in [4.69, 9.17) is 8.92 Å². The van der Waals surface area contributed by atoms with Gasteiger partial charge in [-0.1, -0.05) is 12.1 Å². The van der Waals surface area contributed by atoms with E-state index in [9.17, 15) is 0 Å². The van der Waals surface area contributed by atoms with Gasteiger partial charge in [0.05, 0.1) is 0 Å². The van der Waals surface area contributed by atoms with Gasteiger partial charge in [-0.15, -0.1) is 22.7 Å². The minimum absolute atomic E-state index is 1.31. The average Bonchev–Trinajstić information content (AvgIpc) is 3.57. The average molecular weight is 910 g/mol. The number of hydrogen-bond donors (Lipinski definition) is 0. The minimum atomic E-state index is -1.86. The van der Waals surface area contributed by atoms with Crippen molar-refractivity contribution in [2.24, 2.45) is 0 Å². The van der Waals surface area contributed by atoms with Gasteiger partial charge in [-0.25, -0.2) is 0 Å². The van der Waals surface area contributed by atoms with Gasteiger partial charge in [0.15, 0.2) is 0 Å². The van der Waals surface area contributed by atoms with Crippen LogP contribution in [-0.2, 0) is 0 Å². The molecule has 0 saturated carbocycles. The van der Waals surface area contributed by atoms with Gasteiger partial charge >= 0.3 is 182 Å². The van der Waals surface area contributed by atoms with Gasteiger partial charge in [0.2, 0.25) is 0 Å². The molecule has 0 aromatic carbocycles. The molecule has 0 aliphatic rings. The van der Waals surface area contributed by atoms with Crippen LogP contribution < -0.4 is 5.79 Å². The molecule has 0 aliphatic heterocycles. The van der Waals surface area contributed by atoms with Crippen LogP contribution in [0.2, 0.25) is 44.5 Å². The third kappa shape index (κ3) is 15.0. The topological polar surface area (TPSA) is 0 Å². The van der Waals surface area contributed by atoms with Crippen LogP contribution >= 0.6 is 54.3 Å². The summed E-state index contributed by atoms with van der Waals surface area (Å²) in [5, 5.41) is 4.18. The molecule has 37 heavy (non-hydrogen) atoms. The summed E-state index contributed by atoms with van der Waals surface area (Å²) in [5.74, 6) is 0. The summed E-state index contributed by atoms with van der Waals surface area (Å²) >= 11 is 2.08. The number of halogens is 1. The third-order valence-electron chi connectivity index (χ3n) is 4.64. The van der Waals surface area contributed by atoms with Gasteiger partial charge in [0.25, 0.3) is 0 Å². The molecular formula is C29H41ClS4Sn3. The number of rotatable bonds is 6. The van der Waals surface area contributed by atoms with Crippen molar-refractivity contribution in [3.05, 3.63) is 78.8 Å². The van der Waals surface area contributed by atoms with Crippen molar-refractivity contribution in [1.29, 1.82) is 0 Å². The van der Waals surface area contributed by atoms with E-state index < -0.39 is 54.0 Å². The molecule has 0 nitrogen and oxygen atoms in total. The molecular weight excluding hydrogens is 868 g/mol. The van der Waals surface area contributed by atoms with E-state index in [-0.39, 0.29) is 0 Å².